The van der Waals surface area contributed by atoms with Gasteiger partial charge in [0, 0.05) is 19.6 Å². The van der Waals surface area contributed by atoms with Crippen molar-refractivity contribution in [2.75, 3.05) is 11.9 Å². The van der Waals surface area contributed by atoms with Crippen molar-refractivity contribution in [2.45, 2.75) is 65.4 Å². The molecular formula is C20H28N2O4. The predicted molar refractivity (Wildman–Crippen MR) is 99.9 cm³/mol. The number of unbranched alkanes of at least 4 members (excludes halogenated alkanes) is 2. The normalized spacial score (nSPS) is 12.7. The number of nitriles is 1. The first-order valence-electron chi connectivity index (χ1n) is 9.04. The van der Waals surface area contributed by atoms with Gasteiger partial charge in [-0.15, -0.1) is 0 Å². The molecule has 0 fully saturated rings. The van der Waals surface area contributed by atoms with Crippen LogP contribution in [-0.4, -0.2) is 24.1 Å². The van der Waals surface area contributed by atoms with Crippen LogP contribution >= 0.6 is 0 Å². The average molecular weight is 360 g/mol. The Morgan fingerprint density at radius 1 is 1.23 bits per heavy atom. The van der Waals surface area contributed by atoms with Crippen LogP contribution in [0.2, 0.25) is 0 Å². The zero-order chi connectivity index (χ0) is 19.6. The highest BCUT2D eigenvalue weighted by Crippen LogP contribution is 2.26. The van der Waals surface area contributed by atoms with Gasteiger partial charge in [0.1, 0.15) is 17.4 Å². The van der Waals surface area contributed by atoms with Crippen molar-refractivity contribution in [1.29, 1.82) is 5.26 Å². The standard InChI is InChI=1S/C20H28N2O4/c1-5-7-8-11-20(4,25-12-6-2)19(24)22-18-10-9-17(26-15(3)23)13-16(18)14-21/h9-10,13H,5-8,11-12H2,1-4H3,(H,22,24). The third-order valence-electron chi connectivity index (χ3n) is 3.98. The second-order valence-corrected chi connectivity index (χ2v) is 6.40. The van der Waals surface area contributed by atoms with Crippen LogP contribution in [0.3, 0.4) is 0 Å². The van der Waals surface area contributed by atoms with E-state index in [0.717, 1.165) is 25.7 Å². The van der Waals surface area contributed by atoms with Gasteiger partial charge in [-0.05, 0) is 31.9 Å². The molecule has 0 saturated heterocycles. The lowest BCUT2D eigenvalue weighted by atomic mass is 9.96. The Bertz CT molecular complexity index is 666. The van der Waals surface area contributed by atoms with Gasteiger partial charge in [-0.25, -0.2) is 0 Å². The van der Waals surface area contributed by atoms with Crippen LogP contribution in [0.4, 0.5) is 5.69 Å². The molecule has 6 nitrogen and oxygen atoms in total. The summed E-state index contributed by atoms with van der Waals surface area (Å²) in [6, 6.07) is 6.54. The summed E-state index contributed by atoms with van der Waals surface area (Å²) in [5.74, 6) is -0.485. The van der Waals surface area contributed by atoms with Gasteiger partial charge in [-0.2, -0.15) is 5.26 Å². The Kier molecular flexibility index (Phi) is 8.80. The first kappa shape index (κ1) is 21.7. The number of hydrogen-bond donors (Lipinski definition) is 1. The second-order valence-electron chi connectivity index (χ2n) is 6.40. The van der Waals surface area contributed by atoms with E-state index in [1.54, 1.807) is 19.1 Å². The van der Waals surface area contributed by atoms with E-state index in [-0.39, 0.29) is 17.2 Å². The van der Waals surface area contributed by atoms with Crippen molar-refractivity contribution in [1.82, 2.24) is 0 Å². The number of anilines is 1. The summed E-state index contributed by atoms with van der Waals surface area (Å²) < 4.78 is 10.8. The molecule has 1 aromatic carbocycles. The molecule has 0 aliphatic heterocycles. The number of esters is 1. The number of benzene rings is 1. The van der Waals surface area contributed by atoms with Gasteiger partial charge in [-0.3, -0.25) is 9.59 Å². The van der Waals surface area contributed by atoms with E-state index in [2.05, 4.69) is 12.2 Å². The summed E-state index contributed by atoms with van der Waals surface area (Å²) in [4.78, 5) is 23.9. The lowest BCUT2D eigenvalue weighted by Gasteiger charge is -2.29. The molecule has 1 amide bonds. The molecule has 26 heavy (non-hydrogen) atoms. The maximum absolute atomic E-state index is 12.8. The molecule has 1 N–H and O–H groups in total. The van der Waals surface area contributed by atoms with Crippen LogP contribution in [0.1, 0.15) is 65.4 Å². The van der Waals surface area contributed by atoms with Gasteiger partial charge in [-0.1, -0.05) is 33.1 Å². The lowest BCUT2D eigenvalue weighted by Crippen LogP contribution is -2.43. The van der Waals surface area contributed by atoms with Crippen molar-refractivity contribution in [3.05, 3.63) is 23.8 Å². The van der Waals surface area contributed by atoms with E-state index in [0.29, 0.717) is 18.7 Å². The van der Waals surface area contributed by atoms with Crippen LogP contribution in [0.5, 0.6) is 5.75 Å². The third-order valence-corrected chi connectivity index (χ3v) is 3.98. The van der Waals surface area contributed by atoms with Gasteiger partial charge in [0.25, 0.3) is 5.91 Å². The molecule has 0 radical (unpaired) electrons. The smallest absolute Gasteiger partial charge is 0.308 e. The average Bonchev–Trinajstić information content (AvgIpc) is 2.60. The molecule has 1 unspecified atom stereocenters. The first-order valence-corrected chi connectivity index (χ1v) is 9.04. The number of ether oxygens (including phenoxy) is 2. The largest absolute Gasteiger partial charge is 0.427 e. The highest BCUT2D eigenvalue weighted by atomic mass is 16.5. The molecule has 0 aromatic heterocycles. The molecule has 142 valence electrons. The van der Waals surface area contributed by atoms with Crippen LogP contribution in [0.15, 0.2) is 18.2 Å². The van der Waals surface area contributed by atoms with Crippen LogP contribution in [0.25, 0.3) is 0 Å². The summed E-state index contributed by atoms with van der Waals surface area (Å²) in [5.41, 5.74) is -0.356. The van der Waals surface area contributed by atoms with E-state index < -0.39 is 11.6 Å². The van der Waals surface area contributed by atoms with E-state index in [4.69, 9.17) is 9.47 Å². The van der Waals surface area contributed by atoms with Gasteiger partial charge in [0.15, 0.2) is 0 Å². The van der Waals surface area contributed by atoms with Crippen molar-refractivity contribution in [3.63, 3.8) is 0 Å². The van der Waals surface area contributed by atoms with E-state index in [1.165, 1.54) is 13.0 Å². The maximum atomic E-state index is 12.8. The fourth-order valence-corrected chi connectivity index (χ4v) is 2.50. The summed E-state index contributed by atoms with van der Waals surface area (Å²) in [5, 5.41) is 12.1. The fraction of sp³-hybridized carbons (Fsp3) is 0.550. The quantitative estimate of drug-likeness (QED) is 0.384. The summed E-state index contributed by atoms with van der Waals surface area (Å²) in [7, 11) is 0. The Hall–Kier alpha value is -2.39. The number of nitrogens with zero attached hydrogens (tertiary/aromatic N) is 1. The minimum absolute atomic E-state index is 0.225. The Balaban J connectivity index is 2.96. The highest BCUT2D eigenvalue weighted by Gasteiger charge is 2.34. The number of rotatable bonds is 10. The minimum Gasteiger partial charge on any atom is -0.427 e. The Morgan fingerprint density at radius 2 is 1.96 bits per heavy atom. The minimum atomic E-state index is -0.952. The first-order chi connectivity index (χ1) is 12.4. The maximum Gasteiger partial charge on any atom is 0.308 e. The molecule has 1 atom stereocenters. The van der Waals surface area contributed by atoms with Gasteiger partial charge >= 0.3 is 5.97 Å². The third kappa shape index (κ3) is 6.49. The van der Waals surface area contributed by atoms with Crippen molar-refractivity contribution < 1.29 is 19.1 Å². The Morgan fingerprint density at radius 3 is 2.54 bits per heavy atom. The molecule has 0 saturated carbocycles. The zero-order valence-corrected chi connectivity index (χ0v) is 16.1. The molecule has 1 aromatic rings. The zero-order valence-electron chi connectivity index (χ0n) is 16.1. The molecule has 0 bridgehead atoms. The van der Waals surface area contributed by atoms with E-state index >= 15 is 0 Å². The molecule has 0 heterocycles. The SMILES string of the molecule is CCCCCC(C)(OCCC)C(=O)Nc1ccc(OC(C)=O)cc1C#N. The number of amides is 1. The van der Waals surface area contributed by atoms with Gasteiger partial charge < -0.3 is 14.8 Å². The topological polar surface area (TPSA) is 88.4 Å². The summed E-state index contributed by atoms with van der Waals surface area (Å²) in [6.45, 7) is 7.66. The van der Waals surface area contributed by atoms with Crippen LogP contribution in [-0.2, 0) is 14.3 Å². The monoisotopic (exact) mass is 360 g/mol. The fourth-order valence-electron chi connectivity index (χ4n) is 2.50. The molecule has 0 aliphatic carbocycles. The van der Waals surface area contributed by atoms with Gasteiger partial charge in [0.2, 0.25) is 0 Å². The second kappa shape index (κ2) is 10.6. The molecule has 0 aliphatic rings. The van der Waals surface area contributed by atoms with Crippen molar-refractivity contribution in [2.24, 2.45) is 0 Å². The number of carbonyl (C=O) groups excluding carboxylic acids is 2. The number of hydrogen-bond acceptors (Lipinski definition) is 5. The van der Waals surface area contributed by atoms with Crippen molar-refractivity contribution in [3.8, 4) is 11.8 Å². The predicted octanol–water partition coefficient (Wildman–Crippen LogP) is 4.19. The summed E-state index contributed by atoms with van der Waals surface area (Å²) >= 11 is 0. The van der Waals surface area contributed by atoms with E-state index in [9.17, 15) is 14.9 Å². The lowest BCUT2D eigenvalue weighted by molar-refractivity contribution is -0.140. The Labute approximate surface area is 155 Å². The summed E-state index contributed by atoms with van der Waals surface area (Å²) in [6.07, 6.45) is 4.40. The number of carbonyl (C=O) groups is 2. The highest BCUT2D eigenvalue weighted by molar-refractivity contribution is 5.98. The number of nitrogens with one attached hydrogen (secondary N) is 1. The molecule has 0 spiro atoms. The molecular weight excluding hydrogens is 332 g/mol. The molecule has 6 heteroatoms. The molecule has 1 rings (SSSR count). The van der Waals surface area contributed by atoms with Crippen molar-refractivity contribution >= 4 is 17.6 Å². The van der Waals surface area contributed by atoms with Crippen LogP contribution in [0, 0.1) is 11.3 Å². The van der Waals surface area contributed by atoms with Crippen LogP contribution < -0.4 is 10.1 Å². The van der Waals surface area contributed by atoms with Gasteiger partial charge in [0.05, 0.1) is 11.3 Å². The van der Waals surface area contributed by atoms with E-state index in [1.807, 2.05) is 13.0 Å².